The molecule has 0 aliphatic rings. The smallest absolute Gasteiger partial charge is 0.193 e. The second-order valence-corrected chi connectivity index (χ2v) is 5.07. The number of ketones is 1. The summed E-state index contributed by atoms with van der Waals surface area (Å²) in [6, 6.07) is 8.15. The van der Waals surface area contributed by atoms with Crippen LogP contribution in [-0.4, -0.2) is 39.3 Å². The molecule has 0 unspecified atom stereocenters. The lowest BCUT2D eigenvalue weighted by Crippen LogP contribution is -2.00. The third-order valence-corrected chi connectivity index (χ3v) is 3.56. The van der Waals surface area contributed by atoms with E-state index in [1.807, 2.05) is 0 Å². The van der Waals surface area contributed by atoms with E-state index in [0.29, 0.717) is 17.2 Å². The summed E-state index contributed by atoms with van der Waals surface area (Å²) < 4.78 is 20.6. The highest BCUT2D eigenvalue weighted by Gasteiger charge is 2.17. The maximum Gasteiger partial charge on any atom is 0.193 e. The Morgan fingerprint density at radius 2 is 1.40 bits per heavy atom. The molecule has 2 aromatic rings. The molecule has 0 aromatic heterocycles. The molecular formula is C19H20O6. The van der Waals surface area contributed by atoms with E-state index in [9.17, 15) is 9.90 Å². The van der Waals surface area contributed by atoms with E-state index in [1.54, 1.807) is 38.5 Å². The standard InChI is InChI=1S/C19H20O6/c1-22-13-7-12(8-14(9-13)23-2)5-6-16(20)19-17(21)10-15(24-3)11-18(19)25-4/h5-11,21H,1-4H3/b6-5+. The fraction of sp³-hybridized carbons (Fsp3) is 0.211. The molecule has 0 amide bonds. The highest BCUT2D eigenvalue weighted by molar-refractivity contribution is 6.10. The first-order chi connectivity index (χ1) is 12.0. The third-order valence-electron chi connectivity index (χ3n) is 3.56. The summed E-state index contributed by atoms with van der Waals surface area (Å²) in [7, 11) is 5.98. The van der Waals surface area contributed by atoms with E-state index in [-0.39, 0.29) is 17.1 Å². The minimum atomic E-state index is -0.404. The number of methoxy groups -OCH3 is 4. The van der Waals surface area contributed by atoms with Crippen LogP contribution in [0.1, 0.15) is 15.9 Å². The molecule has 0 bridgehead atoms. The van der Waals surface area contributed by atoms with Gasteiger partial charge >= 0.3 is 0 Å². The van der Waals surface area contributed by atoms with E-state index in [1.165, 1.54) is 32.4 Å². The molecule has 0 heterocycles. The van der Waals surface area contributed by atoms with Gasteiger partial charge < -0.3 is 24.1 Å². The highest BCUT2D eigenvalue weighted by Crippen LogP contribution is 2.34. The monoisotopic (exact) mass is 344 g/mol. The van der Waals surface area contributed by atoms with Crippen LogP contribution < -0.4 is 18.9 Å². The predicted octanol–water partition coefficient (Wildman–Crippen LogP) is 3.32. The average Bonchev–Trinajstić information content (AvgIpc) is 2.64. The van der Waals surface area contributed by atoms with E-state index in [0.717, 1.165) is 5.56 Å². The molecule has 6 heteroatoms. The van der Waals surface area contributed by atoms with Crippen molar-refractivity contribution in [3.63, 3.8) is 0 Å². The number of phenolic OH excluding ortho intramolecular Hbond substituents is 1. The predicted molar refractivity (Wildman–Crippen MR) is 94.1 cm³/mol. The number of hydrogen-bond acceptors (Lipinski definition) is 6. The van der Waals surface area contributed by atoms with Crippen molar-refractivity contribution in [1.29, 1.82) is 0 Å². The second kappa shape index (κ2) is 8.10. The fourth-order valence-corrected chi connectivity index (χ4v) is 2.28. The van der Waals surface area contributed by atoms with Gasteiger partial charge in [-0.05, 0) is 23.8 Å². The molecule has 25 heavy (non-hydrogen) atoms. The van der Waals surface area contributed by atoms with Gasteiger partial charge in [-0.3, -0.25) is 4.79 Å². The highest BCUT2D eigenvalue weighted by atomic mass is 16.5. The minimum Gasteiger partial charge on any atom is -0.507 e. The zero-order chi connectivity index (χ0) is 18.4. The van der Waals surface area contributed by atoms with E-state index >= 15 is 0 Å². The van der Waals surface area contributed by atoms with Gasteiger partial charge in [0.05, 0.1) is 28.4 Å². The van der Waals surface area contributed by atoms with Crippen molar-refractivity contribution in [2.24, 2.45) is 0 Å². The van der Waals surface area contributed by atoms with Gasteiger partial charge in [0.15, 0.2) is 5.78 Å². The molecule has 0 fully saturated rings. The first kappa shape index (κ1) is 18.2. The lowest BCUT2D eigenvalue weighted by Gasteiger charge is -2.10. The molecule has 1 N–H and O–H groups in total. The number of carbonyl (C=O) groups is 1. The molecular weight excluding hydrogens is 324 g/mol. The summed E-state index contributed by atoms with van der Waals surface area (Å²) in [5, 5.41) is 10.1. The van der Waals surface area contributed by atoms with Crippen LogP contribution in [0.25, 0.3) is 6.08 Å². The zero-order valence-electron chi connectivity index (χ0n) is 14.5. The summed E-state index contributed by atoms with van der Waals surface area (Å²) in [5.74, 6) is 1.22. The molecule has 0 radical (unpaired) electrons. The number of ether oxygens (including phenoxy) is 4. The van der Waals surface area contributed by atoms with Gasteiger partial charge in [0.25, 0.3) is 0 Å². The van der Waals surface area contributed by atoms with Crippen molar-refractivity contribution in [3.05, 3.63) is 47.5 Å². The van der Waals surface area contributed by atoms with Gasteiger partial charge in [-0.15, -0.1) is 0 Å². The van der Waals surface area contributed by atoms with Crippen LogP contribution >= 0.6 is 0 Å². The molecule has 2 rings (SSSR count). The quantitative estimate of drug-likeness (QED) is 0.613. The first-order valence-electron chi connectivity index (χ1n) is 7.42. The second-order valence-electron chi connectivity index (χ2n) is 5.07. The molecule has 0 saturated carbocycles. The van der Waals surface area contributed by atoms with Crippen molar-refractivity contribution in [2.45, 2.75) is 0 Å². The van der Waals surface area contributed by atoms with Crippen molar-refractivity contribution < 1.29 is 28.8 Å². The van der Waals surface area contributed by atoms with Crippen molar-refractivity contribution in [2.75, 3.05) is 28.4 Å². The van der Waals surface area contributed by atoms with Crippen molar-refractivity contribution in [1.82, 2.24) is 0 Å². The van der Waals surface area contributed by atoms with Gasteiger partial charge in [-0.2, -0.15) is 0 Å². The van der Waals surface area contributed by atoms with Crippen LogP contribution in [0.4, 0.5) is 0 Å². The summed E-state index contributed by atoms with van der Waals surface area (Å²) in [5.41, 5.74) is 0.783. The Hall–Kier alpha value is -3.15. The maximum atomic E-state index is 12.5. The van der Waals surface area contributed by atoms with Gasteiger partial charge in [-0.1, -0.05) is 6.08 Å². The number of phenols is 1. The molecule has 0 atom stereocenters. The van der Waals surface area contributed by atoms with E-state index in [4.69, 9.17) is 18.9 Å². The Morgan fingerprint density at radius 3 is 1.92 bits per heavy atom. The van der Waals surface area contributed by atoms with Crippen LogP contribution in [0.2, 0.25) is 0 Å². The Bertz CT molecular complexity index is 772. The Balaban J connectivity index is 2.35. The van der Waals surface area contributed by atoms with Crippen LogP contribution in [0.3, 0.4) is 0 Å². The van der Waals surface area contributed by atoms with Gasteiger partial charge in [-0.25, -0.2) is 0 Å². The average molecular weight is 344 g/mol. The lowest BCUT2D eigenvalue weighted by atomic mass is 10.1. The summed E-state index contributed by atoms with van der Waals surface area (Å²) >= 11 is 0. The number of rotatable bonds is 7. The minimum absolute atomic E-state index is 0.0643. The molecule has 6 nitrogen and oxygen atoms in total. The van der Waals surface area contributed by atoms with Crippen LogP contribution in [0.15, 0.2) is 36.4 Å². The van der Waals surface area contributed by atoms with Gasteiger partial charge in [0.1, 0.15) is 34.3 Å². The molecule has 0 spiro atoms. The summed E-state index contributed by atoms with van der Waals surface area (Å²) in [4.78, 5) is 12.5. The van der Waals surface area contributed by atoms with E-state index in [2.05, 4.69) is 0 Å². The summed E-state index contributed by atoms with van der Waals surface area (Å²) in [6.45, 7) is 0. The number of hydrogen-bond donors (Lipinski definition) is 1. The molecule has 0 saturated heterocycles. The maximum absolute atomic E-state index is 12.5. The third kappa shape index (κ3) is 4.23. The van der Waals surface area contributed by atoms with E-state index < -0.39 is 5.78 Å². The SMILES string of the molecule is COc1cc(/C=C/C(=O)c2c(O)cc(OC)cc2OC)cc(OC)c1. The molecule has 132 valence electrons. The van der Waals surface area contributed by atoms with Gasteiger partial charge in [0, 0.05) is 18.2 Å². The Morgan fingerprint density at radius 1 is 0.840 bits per heavy atom. The normalized spacial score (nSPS) is 10.6. The Kier molecular flexibility index (Phi) is 5.89. The zero-order valence-corrected chi connectivity index (χ0v) is 14.5. The topological polar surface area (TPSA) is 74.2 Å². The van der Waals surface area contributed by atoms with Crippen molar-refractivity contribution >= 4 is 11.9 Å². The Labute approximate surface area is 146 Å². The largest absolute Gasteiger partial charge is 0.507 e. The number of aromatic hydroxyl groups is 1. The molecule has 0 aliphatic heterocycles. The number of allylic oxidation sites excluding steroid dienone is 1. The van der Waals surface area contributed by atoms with Gasteiger partial charge in [0.2, 0.25) is 0 Å². The summed E-state index contributed by atoms with van der Waals surface area (Å²) in [6.07, 6.45) is 2.95. The number of carbonyl (C=O) groups excluding carboxylic acids is 1. The molecule has 0 aliphatic carbocycles. The van der Waals surface area contributed by atoms with Crippen molar-refractivity contribution in [3.8, 4) is 28.7 Å². The van der Waals surface area contributed by atoms with Crippen LogP contribution in [0.5, 0.6) is 28.7 Å². The fourth-order valence-electron chi connectivity index (χ4n) is 2.28. The lowest BCUT2D eigenvalue weighted by molar-refractivity contribution is 0.104. The van der Waals surface area contributed by atoms with Crippen LogP contribution in [0, 0.1) is 0 Å². The first-order valence-corrected chi connectivity index (χ1v) is 7.42. The number of benzene rings is 2. The molecule has 2 aromatic carbocycles. The van der Waals surface area contributed by atoms with Crippen LogP contribution in [-0.2, 0) is 0 Å².